The summed E-state index contributed by atoms with van der Waals surface area (Å²) in [5.74, 6) is 1.30. The predicted molar refractivity (Wildman–Crippen MR) is 97.4 cm³/mol. The van der Waals surface area contributed by atoms with Gasteiger partial charge in [-0.25, -0.2) is 4.98 Å². The Morgan fingerprint density at radius 2 is 2.04 bits per heavy atom. The first-order valence-corrected chi connectivity index (χ1v) is 9.13. The largest absolute Gasteiger partial charge is 0.486 e. The summed E-state index contributed by atoms with van der Waals surface area (Å²) in [4.78, 5) is 28.3. The van der Waals surface area contributed by atoms with E-state index in [4.69, 9.17) is 9.15 Å². The summed E-state index contributed by atoms with van der Waals surface area (Å²) in [5, 5.41) is 5.08. The molecule has 132 valence electrons. The van der Waals surface area contributed by atoms with Crippen LogP contribution in [0.25, 0.3) is 11.5 Å². The number of carbonyl (C=O) groups excluding carboxylic acids is 2. The summed E-state index contributed by atoms with van der Waals surface area (Å²) in [7, 11) is 0. The van der Waals surface area contributed by atoms with Gasteiger partial charge in [-0.05, 0) is 49.2 Å². The van der Waals surface area contributed by atoms with Crippen LogP contribution in [0.1, 0.15) is 23.2 Å². The lowest BCUT2D eigenvalue weighted by atomic mass is 10.2. The molecule has 2 aromatic heterocycles. The molecule has 6 nitrogen and oxygen atoms in total. The third kappa shape index (κ3) is 3.83. The van der Waals surface area contributed by atoms with Crippen LogP contribution in [-0.4, -0.2) is 23.3 Å². The van der Waals surface area contributed by atoms with E-state index < -0.39 is 0 Å². The van der Waals surface area contributed by atoms with Crippen molar-refractivity contribution in [2.75, 3.05) is 11.9 Å². The number of benzene rings is 1. The van der Waals surface area contributed by atoms with Gasteiger partial charge in [-0.2, -0.15) is 0 Å². The molecule has 1 fully saturated rings. The van der Waals surface area contributed by atoms with Crippen LogP contribution in [0.15, 0.2) is 52.5 Å². The Morgan fingerprint density at radius 3 is 2.73 bits per heavy atom. The Bertz CT molecular complexity index is 911. The fourth-order valence-electron chi connectivity index (χ4n) is 2.42. The van der Waals surface area contributed by atoms with Gasteiger partial charge < -0.3 is 9.15 Å². The van der Waals surface area contributed by atoms with E-state index in [-0.39, 0.29) is 24.2 Å². The third-order valence-electron chi connectivity index (χ3n) is 4.03. The van der Waals surface area contributed by atoms with E-state index in [0.29, 0.717) is 27.9 Å². The standard InChI is InChI=1S/C19H16N2O4S/c22-16(12-3-4-12)10-25-14-7-5-13(6-8-14)18(23)21-19-20-15(11-26-19)17-2-1-9-24-17/h1-2,5-9,11-12H,3-4,10H2,(H,20,21,23). The molecule has 0 saturated heterocycles. The van der Waals surface area contributed by atoms with Crippen molar-refractivity contribution in [3.63, 3.8) is 0 Å². The van der Waals surface area contributed by atoms with Crippen LogP contribution >= 0.6 is 11.3 Å². The summed E-state index contributed by atoms with van der Waals surface area (Å²) in [5.41, 5.74) is 1.17. The molecular weight excluding hydrogens is 352 g/mol. The molecule has 1 N–H and O–H groups in total. The molecule has 1 aliphatic carbocycles. The summed E-state index contributed by atoms with van der Waals surface area (Å²) < 4.78 is 10.8. The summed E-state index contributed by atoms with van der Waals surface area (Å²) in [6.07, 6.45) is 3.52. The second kappa shape index (κ2) is 7.13. The maximum absolute atomic E-state index is 12.3. The molecule has 7 heteroatoms. The average molecular weight is 368 g/mol. The quantitative estimate of drug-likeness (QED) is 0.681. The molecule has 1 aromatic carbocycles. The zero-order chi connectivity index (χ0) is 17.9. The fourth-order valence-corrected chi connectivity index (χ4v) is 3.11. The van der Waals surface area contributed by atoms with Gasteiger partial charge in [-0.3, -0.25) is 14.9 Å². The maximum atomic E-state index is 12.3. The topological polar surface area (TPSA) is 81.4 Å². The van der Waals surface area contributed by atoms with Crippen molar-refractivity contribution in [2.24, 2.45) is 5.92 Å². The molecule has 4 rings (SSSR count). The van der Waals surface area contributed by atoms with Gasteiger partial charge in [0.15, 0.2) is 16.7 Å². The average Bonchev–Trinajstić information content (AvgIpc) is 3.16. The van der Waals surface area contributed by atoms with Crippen molar-refractivity contribution in [3.8, 4) is 17.2 Å². The Labute approximate surface area is 153 Å². The molecule has 0 aliphatic heterocycles. The highest BCUT2D eigenvalue weighted by molar-refractivity contribution is 7.14. The number of Topliss-reactive ketones (excluding diaryl/α,β-unsaturated/α-hetero) is 1. The highest BCUT2D eigenvalue weighted by Gasteiger charge is 2.29. The minimum absolute atomic E-state index is 0.0882. The highest BCUT2D eigenvalue weighted by Crippen LogP contribution is 2.30. The number of anilines is 1. The summed E-state index contributed by atoms with van der Waals surface area (Å²) >= 11 is 1.33. The maximum Gasteiger partial charge on any atom is 0.257 e. The van der Waals surface area contributed by atoms with Crippen molar-refractivity contribution in [2.45, 2.75) is 12.8 Å². The van der Waals surface area contributed by atoms with Gasteiger partial charge in [0, 0.05) is 16.9 Å². The first kappa shape index (κ1) is 16.5. The van der Waals surface area contributed by atoms with Crippen LogP contribution in [0.3, 0.4) is 0 Å². The van der Waals surface area contributed by atoms with E-state index in [9.17, 15) is 9.59 Å². The second-order valence-corrected chi connectivity index (χ2v) is 6.88. The van der Waals surface area contributed by atoms with Crippen molar-refractivity contribution in [1.29, 1.82) is 0 Å². The van der Waals surface area contributed by atoms with Gasteiger partial charge in [0.05, 0.1) is 6.26 Å². The van der Waals surface area contributed by atoms with Crippen LogP contribution in [0.4, 0.5) is 5.13 Å². The number of hydrogen-bond donors (Lipinski definition) is 1. The highest BCUT2D eigenvalue weighted by atomic mass is 32.1. The molecule has 0 atom stereocenters. The van der Waals surface area contributed by atoms with Crippen LogP contribution in [0.2, 0.25) is 0 Å². The van der Waals surface area contributed by atoms with Crippen LogP contribution in [-0.2, 0) is 4.79 Å². The number of ketones is 1. The van der Waals surface area contributed by atoms with Gasteiger partial charge in [-0.1, -0.05) is 0 Å². The minimum atomic E-state index is -0.258. The van der Waals surface area contributed by atoms with Gasteiger partial charge in [0.2, 0.25) is 0 Å². The normalized spacial score (nSPS) is 13.4. The lowest BCUT2D eigenvalue weighted by Gasteiger charge is -2.06. The van der Waals surface area contributed by atoms with E-state index >= 15 is 0 Å². The number of ether oxygens (including phenoxy) is 1. The smallest absolute Gasteiger partial charge is 0.257 e. The van der Waals surface area contributed by atoms with E-state index in [1.165, 1.54) is 11.3 Å². The van der Waals surface area contributed by atoms with Crippen molar-refractivity contribution >= 4 is 28.2 Å². The van der Waals surface area contributed by atoms with Crippen molar-refractivity contribution in [3.05, 3.63) is 53.6 Å². The van der Waals surface area contributed by atoms with Crippen LogP contribution < -0.4 is 10.1 Å². The number of furan rings is 1. The second-order valence-electron chi connectivity index (χ2n) is 6.02. The number of aromatic nitrogens is 1. The first-order chi connectivity index (χ1) is 12.7. The number of hydrogen-bond acceptors (Lipinski definition) is 6. The molecule has 0 unspecified atom stereocenters. The molecule has 1 amide bonds. The van der Waals surface area contributed by atoms with Gasteiger partial charge in [0.1, 0.15) is 18.1 Å². The zero-order valence-electron chi connectivity index (χ0n) is 13.8. The molecule has 1 saturated carbocycles. The van der Waals surface area contributed by atoms with E-state index in [0.717, 1.165) is 12.8 Å². The van der Waals surface area contributed by atoms with Gasteiger partial charge >= 0.3 is 0 Å². The number of amides is 1. The minimum Gasteiger partial charge on any atom is -0.486 e. The zero-order valence-corrected chi connectivity index (χ0v) is 14.6. The van der Waals surface area contributed by atoms with Gasteiger partial charge in [-0.15, -0.1) is 11.3 Å². The number of nitrogens with one attached hydrogen (secondary N) is 1. The Balaban J connectivity index is 1.35. The number of rotatable bonds is 7. The fraction of sp³-hybridized carbons (Fsp3) is 0.211. The molecule has 1 aliphatic rings. The number of nitrogens with zero attached hydrogens (tertiary/aromatic N) is 1. The lowest BCUT2D eigenvalue weighted by molar-refractivity contribution is -0.122. The van der Waals surface area contributed by atoms with E-state index in [2.05, 4.69) is 10.3 Å². The lowest BCUT2D eigenvalue weighted by Crippen LogP contribution is -2.13. The predicted octanol–water partition coefficient (Wildman–Crippen LogP) is 4.01. The van der Waals surface area contributed by atoms with Gasteiger partial charge in [0.25, 0.3) is 5.91 Å². The number of thiazole rings is 1. The Kier molecular flexibility index (Phi) is 4.53. The SMILES string of the molecule is O=C(Nc1nc(-c2ccco2)cs1)c1ccc(OCC(=O)C2CC2)cc1. The molecule has 0 spiro atoms. The summed E-state index contributed by atoms with van der Waals surface area (Å²) in [6, 6.07) is 10.3. The Hall–Kier alpha value is -2.93. The first-order valence-electron chi connectivity index (χ1n) is 8.25. The van der Waals surface area contributed by atoms with E-state index in [1.54, 1.807) is 36.6 Å². The summed E-state index contributed by atoms with van der Waals surface area (Å²) in [6.45, 7) is 0.0882. The van der Waals surface area contributed by atoms with Crippen molar-refractivity contribution in [1.82, 2.24) is 4.98 Å². The molecule has 0 radical (unpaired) electrons. The molecule has 26 heavy (non-hydrogen) atoms. The molecule has 3 aromatic rings. The van der Waals surface area contributed by atoms with Crippen molar-refractivity contribution < 1.29 is 18.7 Å². The molecular formula is C19H16N2O4S. The monoisotopic (exact) mass is 368 g/mol. The Morgan fingerprint density at radius 1 is 1.23 bits per heavy atom. The van der Waals surface area contributed by atoms with Crippen LogP contribution in [0, 0.1) is 5.92 Å². The third-order valence-corrected chi connectivity index (χ3v) is 4.79. The molecule has 0 bridgehead atoms. The van der Waals surface area contributed by atoms with Crippen LogP contribution in [0.5, 0.6) is 5.75 Å². The van der Waals surface area contributed by atoms with E-state index in [1.807, 2.05) is 11.4 Å². The number of carbonyl (C=O) groups is 2. The molecule has 2 heterocycles.